The normalized spacial score (nSPS) is 18.4. The Hall–Kier alpha value is -2.02. The lowest BCUT2D eigenvalue weighted by Gasteiger charge is -2.23. The van der Waals surface area contributed by atoms with Crippen LogP contribution in [0.1, 0.15) is 64.2 Å². The molecule has 30 heavy (non-hydrogen) atoms. The zero-order valence-electron chi connectivity index (χ0n) is 17.6. The average Bonchev–Trinajstić information content (AvgIpc) is 3.11. The fraction of sp³-hybridized carbons (Fsp3) is 0.609. The summed E-state index contributed by atoms with van der Waals surface area (Å²) in [6, 6.07) is 8.46. The highest BCUT2D eigenvalue weighted by Crippen LogP contribution is 2.25. The minimum atomic E-state index is 0.0264. The number of amides is 2. The molecule has 0 atom stereocenters. The lowest BCUT2D eigenvalue weighted by Crippen LogP contribution is -2.38. The minimum absolute atomic E-state index is 0.0264. The highest BCUT2D eigenvalue weighted by molar-refractivity contribution is 7.99. The van der Waals surface area contributed by atoms with Gasteiger partial charge in [0.25, 0.3) is 0 Å². The number of carbonyl (C=O) groups excluding carboxylic acids is 2. The number of carbonyl (C=O) groups is 2. The van der Waals surface area contributed by atoms with Gasteiger partial charge in [-0.3, -0.25) is 9.59 Å². The maximum atomic E-state index is 12.7. The molecule has 4 rings (SSSR count). The van der Waals surface area contributed by atoms with Gasteiger partial charge < -0.3 is 15.2 Å². The third kappa shape index (κ3) is 5.56. The molecule has 2 aromatic rings. The summed E-state index contributed by atoms with van der Waals surface area (Å²) >= 11 is 1.42. The van der Waals surface area contributed by atoms with Crippen LogP contribution < -0.4 is 10.6 Å². The van der Waals surface area contributed by atoms with E-state index in [1.165, 1.54) is 50.3 Å². The van der Waals surface area contributed by atoms with E-state index in [0.717, 1.165) is 41.9 Å². The second-order valence-electron chi connectivity index (χ2n) is 8.56. The van der Waals surface area contributed by atoms with Crippen LogP contribution in [0.2, 0.25) is 0 Å². The summed E-state index contributed by atoms with van der Waals surface area (Å²) in [6.07, 6.45) is 11.6. The van der Waals surface area contributed by atoms with Crippen LogP contribution in [0.4, 0.5) is 0 Å². The lowest BCUT2D eigenvalue weighted by atomic mass is 9.95. The number of aromatic nitrogens is 2. The molecule has 1 aromatic carbocycles. The molecule has 2 aliphatic carbocycles. The van der Waals surface area contributed by atoms with Crippen molar-refractivity contribution in [3.05, 3.63) is 24.3 Å². The van der Waals surface area contributed by atoms with Crippen molar-refractivity contribution in [2.24, 2.45) is 0 Å². The van der Waals surface area contributed by atoms with Crippen LogP contribution in [0, 0.1) is 0 Å². The van der Waals surface area contributed by atoms with Crippen molar-refractivity contribution in [2.75, 3.05) is 5.75 Å². The Labute approximate surface area is 182 Å². The number of rotatable bonds is 7. The lowest BCUT2D eigenvalue weighted by molar-refractivity contribution is -0.122. The third-order valence-electron chi connectivity index (χ3n) is 6.19. The SMILES string of the molecule is O=C(CSc1nc2ccccc2n1CC(=O)NC1CCCCC1)NC1CCCCC1. The van der Waals surface area contributed by atoms with Crippen LogP contribution in [0.5, 0.6) is 0 Å². The van der Waals surface area contributed by atoms with Crippen molar-refractivity contribution < 1.29 is 9.59 Å². The number of hydrogen-bond donors (Lipinski definition) is 2. The van der Waals surface area contributed by atoms with Crippen LogP contribution in [-0.4, -0.2) is 39.2 Å². The molecule has 6 nitrogen and oxygen atoms in total. The first-order chi connectivity index (χ1) is 14.7. The second kappa shape index (κ2) is 10.3. The summed E-state index contributed by atoms with van der Waals surface area (Å²) in [4.78, 5) is 29.9. The Balaban J connectivity index is 1.40. The molecule has 2 fully saturated rings. The topological polar surface area (TPSA) is 76.0 Å². The molecule has 0 spiro atoms. The van der Waals surface area contributed by atoms with Crippen molar-refractivity contribution in [3.63, 3.8) is 0 Å². The van der Waals surface area contributed by atoms with Gasteiger partial charge in [0, 0.05) is 12.1 Å². The molecule has 0 unspecified atom stereocenters. The van der Waals surface area contributed by atoms with Crippen molar-refractivity contribution in [2.45, 2.75) is 88.0 Å². The fourth-order valence-electron chi connectivity index (χ4n) is 4.63. The van der Waals surface area contributed by atoms with Gasteiger partial charge in [0.2, 0.25) is 11.8 Å². The van der Waals surface area contributed by atoms with Gasteiger partial charge >= 0.3 is 0 Å². The monoisotopic (exact) mass is 428 g/mol. The number of nitrogens with one attached hydrogen (secondary N) is 2. The van der Waals surface area contributed by atoms with Crippen molar-refractivity contribution in [1.29, 1.82) is 0 Å². The van der Waals surface area contributed by atoms with Crippen LogP contribution in [0.25, 0.3) is 11.0 Å². The highest BCUT2D eigenvalue weighted by atomic mass is 32.2. The summed E-state index contributed by atoms with van der Waals surface area (Å²) in [5.74, 6) is 0.403. The van der Waals surface area contributed by atoms with Gasteiger partial charge in [0.15, 0.2) is 5.16 Å². The van der Waals surface area contributed by atoms with Gasteiger partial charge in [0.05, 0.1) is 16.8 Å². The Morgan fingerprint density at radius 1 is 0.900 bits per heavy atom. The summed E-state index contributed by atoms with van der Waals surface area (Å²) < 4.78 is 1.95. The molecule has 2 amide bonds. The summed E-state index contributed by atoms with van der Waals surface area (Å²) in [6.45, 7) is 0.240. The van der Waals surface area contributed by atoms with Crippen molar-refractivity contribution in [3.8, 4) is 0 Å². The van der Waals surface area contributed by atoms with Gasteiger partial charge in [-0.15, -0.1) is 0 Å². The molecular formula is C23H32N4O2S. The minimum Gasteiger partial charge on any atom is -0.353 e. The van der Waals surface area contributed by atoms with Crippen molar-refractivity contribution in [1.82, 2.24) is 20.2 Å². The van der Waals surface area contributed by atoms with Gasteiger partial charge in [-0.25, -0.2) is 4.98 Å². The van der Waals surface area contributed by atoms with E-state index in [4.69, 9.17) is 4.98 Å². The number of thioether (sulfide) groups is 1. The smallest absolute Gasteiger partial charge is 0.240 e. The molecule has 7 heteroatoms. The van der Waals surface area contributed by atoms with Gasteiger partial charge in [-0.2, -0.15) is 0 Å². The van der Waals surface area contributed by atoms with Crippen LogP contribution in [0.3, 0.4) is 0 Å². The van der Waals surface area contributed by atoms with Gasteiger partial charge in [-0.1, -0.05) is 62.4 Å². The fourth-order valence-corrected chi connectivity index (χ4v) is 5.45. The number of para-hydroxylation sites is 2. The quantitative estimate of drug-likeness (QED) is 0.653. The first-order valence-electron chi connectivity index (χ1n) is 11.4. The molecule has 0 bridgehead atoms. The number of benzene rings is 1. The Kier molecular flexibility index (Phi) is 7.31. The second-order valence-corrected chi connectivity index (χ2v) is 9.51. The zero-order chi connectivity index (χ0) is 20.8. The molecule has 0 aliphatic heterocycles. The predicted molar refractivity (Wildman–Crippen MR) is 120 cm³/mol. The molecule has 1 heterocycles. The average molecular weight is 429 g/mol. The molecule has 2 N–H and O–H groups in total. The van der Waals surface area contributed by atoms with Gasteiger partial charge in [0.1, 0.15) is 6.54 Å². The molecular weight excluding hydrogens is 396 g/mol. The molecule has 2 aliphatic rings. The zero-order valence-corrected chi connectivity index (χ0v) is 18.4. The maximum absolute atomic E-state index is 12.7. The largest absolute Gasteiger partial charge is 0.353 e. The Bertz CT molecular complexity index is 869. The van der Waals surface area contributed by atoms with E-state index in [-0.39, 0.29) is 18.4 Å². The van der Waals surface area contributed by atoms with E-state index in [1.807, 2.05) is 28.8 Å². The first-order valence-corrected chi connectivity index (χ1v) is 12.3. The van der Waals surface area contributed by atoms with E-state index in [1.54, 1.807) is 0 Å². The summed E-state index contributed by atoms with van der Waals surface area (Å²) in [5, 5.41) is 7.08. The van der Waals surface area contributed by atoms with E-state index in [9.17, 15) is 9.59 Å². The van der Waals surface area contributed by atoms with E-state index in [0.29, 0.717) is 17.8 Å². The highest BCUT2D eigenvalue weighted by Gasteiger charge is 2.20. The number of fused-ring (bicyclic) bond motifs is 1. The maximum Gasteiger partial charge on any atom is 0.240 e. The molecule has 0 radical (unpaired) electrons. The summed E-state index contributed by atoms with van der Waals surface area (Å²) in [5.41, 5.74) is 1.80. The molecule has 2 saturated carbocycles. The number of hydrogen-bond acceptors (Lipinski definition) is 4. The van der Waals surface area contributed by atoms with Gasteiger partial charge in [-0.05, 0) is 37.8 Å². The standard InChI is InChI=1S/C23H32N4O2S/c28-21(24-17-9-3-1-4-10-17)15-27-20-14-8-7-13-19(20)26-23(27)30-16-22(29)25-18-11-5-2-6-12-18/h7-8,13-14,17-18H,1-6,9-12,15-16H2,(H,24,28)(H,25,29). The Morgan fingerprint density at radius 3 is 2.17 bits per heavy atom. The molecule has 162 valence electrons. The Morgan fingerprint density at radius 2 is 1.50 bits per heavy atom. The number of imidazole rings is 1. The van der Waals surface area contributed by atoms with Crippen LogP contribution >= 0.6 is 11.8 Å². The first kappa shape index (κ1) is 21.2. The molecule has 0 saturated heterocycles. The van der Waals surface area contributed by atoms with E-state index in [2.05, 4.69) is 10.6 Å². The van der Waals surface area contributed by atoms with E-state index < -0.39 is 0 Å². The van der Waals surface area contributed by atoms with Crippen LogP contribution in [-0.2, 0) is 16.1 Å². The van der Waals surface area contributed by atoms with Crippen molar-refractivity contribution >= 4 is 34.6 Å². The predicted octanol–water partition coefficient (Wildman–Crippen LogP) is 4.03. The van der Waals surface area contributed by atoms with Crippen LogP contribution in [0.15, 0.2) is 29.4 Å². The van der Waals surface area contributed by atoms with E-state index >= 15 is 0 Å². The third-order valence-corrected chi connectivity index (χ3v) is 7.17. The number of nitrogens with zero attached hydrogens (tertiary/aromatic N) is 2. The summed E-state index contributed by atoms with van der Waals surface area (Å²) in [7, 11) is 0. The molecule has 1 aromatic heterocycles.